The maximum absolute atomic E-state index is 5.68. The van der Waals surface area contributed by atoms with Crippen LogP contribution in [0.1, 0.15) is 50.1 Å². The van der Waals surface area contributed by atoms with Crippen molar-refractivity contribution in [2.45, 2.75) is 50.5 Å². The fourth-order valence-corrected chi connectivity index (χ4v) is 5.33. The molecule has 1 saturated heterocycles. The van der Waals surface area contributed by atoms with Crippen LogP contribution in [0.2, 0.25) is 0 Å². The molecule has 3 aromatic rings. The predicted octanol–water partition coefficient (Wildman–Crippen LogP) is 3.02. The first-order chi connectivity index (χ1) is 14.7. The molecule has 8 nitrogen and oxygen atoms in total. The lowest BCUT2D eigenvalue weighted by Crippen LogP contribution is -2.41. The Bertz CT molecular complexity index is 1080. The smallest absolute Gasteiger partial charge is 0.223 e. The minimum absolute atomic E-state index is 0.369. The number of imidazole rings is 1. The van der Waals surface area contributed by atoms with Crippen molar-refractivity contribution in [3.8, 4) is 17.1 Å². The minimum atomic E-state index is 0.369. The molecule has 30 heavy (non-hydrogen) atoms. The van der Waals surface area contributed by atoms with Crippen LogP contribution in [0.4, 0.5) is 5.95 Å². The van der Waals surface area contributed by atoms with Gasteiger partial charge in [-0.2, -0.15) is 5.10 Å². The van der Waals surface area contributed by atoms with Crippen LogP contribution < -0.4 is 15.4 Å². The first-order valence-corrected chi connectivity index (χ1v) is 11.0. The summed E-state index contributed by atoms with van der Waals surface area (Å²) in [6.07, 6.45) is 11.3. The summed E-state index contributed by atoms with van der Waals surface area (Å²) in [5.74, 6) is 1.96. The lowest BCUT2D eigenvalue weighted by Gasteiger charge is -2.54. The number of hydrogen-bond donors (Lipinski definition) is 2. The van der Waals surface area contributed by atoms with Crippen LogP contribution in [0.25, 0.3) is 17.0 Å². The molecule has 1 aliphatic heterocycles. The van der Waals surface area contributed by atoms with Crippen LogP contribution in [0.5, 0.6) is 5.75 Å². The third kappa shape index (κ3) is 2.93. The molecule has 0 aromatic carbocycles. The molecule has 3 aliphatic rings. The highest BCUT2D eigenvalue weighted by molar-refractivity contribution is 5.61. The second-order valence-electron chi connectivity index (χ2n) is 9.07. The van der Waals surface area contributed by atoms with E-state index < -0.39 is 0 Å². The van der Waals surface area contributed by atoms with E-state index in [4.69, 9.17) is 14.8 Å². The van der Waals surface area contributed by atoms with Crippen LogP contribution in [-0.2, 0) is 0 Å². The average Bonchev–Trinajstić information content (AvgIpc) is 3.35. The summed E-state index contributed by atoms with van der Waals surface area (Å²) in [4.78, 5) is 13.7. The summed E-state index contributed by atoms with van der Waals surface area (Å²) >= 11 is 0. The van der Waals surface area contributed by atoms with Crippen molar-refractivity contribution < 1.29 is 4.74 Å². The van der Waals surface area contributed by atoms with Gasteiger partial charge in [-0.15, -0.1) is 0 Å². The van der Waals surface area contributed by atoms with Gasteiger partial charge in [0.2, 0.25) is 5.95 Å². The van der Waals surface area contributed by atoms with Crippen LogP contribution in [0.3, 0.4) is 0 Å². The molecule has 8 heteroatoms. The van der Waals surface area contributed by atoms with Gasteiger partial charge in [-0.25, -0.2) is 19.5 Å². The zero-order chi connectivity index (χ0) is 20.1. The van der Waals surface area contributed by atoms with E-state index in [1.165, 1.54) is 32.1 Å². The minimum Gasteiger partial charge on any atom is -0.495 e. The van der Waals surface area contributed by atoms with Crippen molar-refractivity contribution in [3.63, 3.8) is 0 Å². The summed E-state index contributed by atoms with van der Waals surface area (Å²) in [6, 6.07) is 4.29. The van der Waals surface area contributed by atoms with Crippen LogP contribution in [0, 0.1) is 5.41 Å². The molecule has 2 aliphatic carbocycles. The van der Waals surface area contributed by atoms with E-state index in [9.17, 15) is 0 Å². The maximum Gasteiger partial charge on any atom is 0.223 e. The molecule has 156 valence electrons. The Morgan fingerprint density at radius 1 is 1.27 bits per heavy atom. The molecule has 1 atom stereocenters. The Balaban J connectivity index is 1.34. The van der Waals surface area contributed by atoms with Gasteiger partial charge in [-0.1, -0.05) is 6.42 Å². The Morgan fingerprint density at radius 2 is 2.17 bits per heavy atom. The van der Waals surface area contributed by atoms with Gasteiger partial charge < -0.3 is 15.4 Å². The molecule has 0 amide bonds. The Morgan fingerprint density at radius 3 is 2.90 bits per heavy atom. The topological polar surface area (TPSA) is 89.3 Å². The SMILES string of the molecule is COc1cc2ncc(-c3ccnc(NC4CCNC4)n3)n2nc1C1CC2(CCC2)C1. The van der Waals surface area contributed by atoms with E-state index in [1.54, 1.807) is 13.3 Å². The van der Waals surface area contributed by atoms with Gasteiger partial charge in [0.25, 0.3) is 0 Å². The van der Waals surface area contributed by atoms with E-state index >= 15 is 0 Å². The second-order valence-corrected chi connectivity index (χ2v) is 9.07. The van der Waals surface area contributed by atoms with Crippen molar-refractivity contribution >= 4 is 11.6 Å². The number of ether oxygens (including phenoxy) is 1. The average molecular weight is 406 g/mol. The van der Waals surface area contributed by atoms with E-state index in [0.29, 0.717) is 23.3 Å². The first-order valence-electron chi connectivity index (χ1n) is 11.0. The van der Waals surface area contributed by atoms with E-state index in [2.05, 4.69) is 20.6 Å². The Hall–Kier alpha value is -2.74. The number of hydrogen-bond acceptors (Lipinski definition) is 7. The van der Waals surface area contributed by atoms with Crippen LogP contribution in [0.15, 0.2) is 24.5 Å². The fraction of sp³-hybridized carbons (Fsp3) is 0.545. The first kappa shape index (κ1) is 18.1. The molecular weight excluding hydrogens is 378 g/mol. The normalized spacial score (nSPS) is 22.8. The van der Waals surface area contributed by atoms with Gasteiger partial charge in [0.15, 0.2) is 5.65 Å². The lowest BCUT2D eigenvalue weighted by molar-refractivity contribution is 0.00648. The van der Waals surface area contributed by atoms with Crippen molar-refractivity contribution in [1.29, 1.82) is 0 Å². The molecule has 0 radical (unpaired) electrons. The molecule has 2 N–H and O–H groups in total. The van der Waals surface area contributed by atoms with Gasteiger partial charge in [0, 0.05) is 30.8 Å². The monoisotopic (exact) mass is 405 g/mol. The summed E-state index contributed by atoms with van der Waals surface area (Å²) in [7, 11) is 1.72. The highest BCUT2D eigenvalue weighted by Crippen LogP contribution is 2.62. The highest BCUT2D eigenvalue weighted by atomic mass is 16.5. The number of anilines is 1. The van der Waals surface area contributed by atoms with Crippen molar-refractivity contribution in [2.24, 2.45) is 5.41 Å². The molecule has 0 bridgehead atoms. The molecule has 6 rings (SSSR count). The lowest BCUT2D eigenvalue weighted by atomic mass is 9.51. The summed E-state index contributed by atoms with van der Waals surface area (Å²) in [6.45, 7) is 1.97. The van der Waals surface area contributed by atoms with Gasteiger partial charge in [0.05, 0.1) is 19.0 Å². The van der Waals surface area contributed by atoms with E-state index in [1.807, 2.05) is 22.8 Å². The summed E-state index contributed by atoms with van der Waals surface area (Å²) in [5, 5.41) is 11.8. The molecular formula is C22H27N7O. The third-order valence-corrected chi connectivity index (χ3v) is 7.18. The molecule has 3 aromatic heterocycles. The molecule has 4 heterocycles. The van der Waals surface area contributed by atoms with Gasteiger partial charge in [-0.3, -0.25) is 0 Å². The quantitative estimate of drug-likeness (QED) is 0.674. The largest absolute Gasteiger partial charge is 0.495 e. The molecule has 1 unspecified atom stereocenters. The maximum atomic E-state index is 5.68. The summed E-state index contributed by atoms with van der Waals surface area (Å²) < 4.78 is 7.59. The third-order valence-electron chi connectivity index (χ3n) is 7.18. The molecule has 1 spiro atoms. The standard InChI is InChI=1S/C22H27N7O/c1-30-18-9-19-25-13-17(16-4-8-24-21(27-16)26-15-3-7-23-12-15)29(19)28-20(18)14-10-22(11-14)5-2-6-22/h4,8-9,13-15,23H,2-3,5-7,10-12H2,1H3,(H,24,26,27). The summed E-state index contributed by atoms with van der Waals surface area (Å²) in [5.41, 5.74) is 4.11. The highest BCUT2D eigenvalue weighted by Gasteiger charge is 2.49. The van der Waals surface area contributed by atoms with Crippen LogP contribution in [-0.4, -0.2) is 50.8 Å². The van der Waals surface area contributed by atoms with Gasteiger partial charge >= 0.3 is 0 Å². The fourth-order valence-electron chi connectivity index (χ4n) is 5.33. The van der Waals surface area contributed by atoms with Crippen molar-refractivity contribution in [3.05, 3.63) is 30.2 Å². The van der Waals surface area contributed by atoms with Gasteiger partial charge in [0.1, 0.15) is 17.1 Å². The molecule has 3 fully saturated rings. The van der Waals surface area contributed by atoms with Crippen molar-refractivity contribution in [2.75, 3.05) is 25.5 Å². The number of methoxy groups -OCH3 is 1. The molecule has 2 saturated carbocycles. The van der Waals surface area contributed by atoms with E-state index in [-0.39, 0.29) is 0 Å². The zero-order valence-corrected chi connectivity index (χ0v) is 17.3. The Kier molecular flexibility index (Phi) is 4.16. The van der Waals surface area contributed by atoms with Crippen molar-refractivity contribution in [1.82, 2.24) is 29.9 Å². The number of rotatable bonds is 5. The predicted molar refractivity (Wildman–Crippen MR) is 114 cm³/mol. The van der Waals surface area contributed by atoms with E-state index in [0.717, 1.165) is 48.0 Å². The second kappa shape index (κ2) is 6.91. The zero-order valence-electron chi connectivity index (χ0n) is 17.3. The number of aromatic nitrogens is 5. The number of fused-ring (bicyclic) bond motifs is 1. The Labute approximate surface area is 175 Å². The number of nitrogens with zero attached hydrogens (tertiary/aromatic N) is 5. The van der Waals surface area contributed by atoms with Gasteiger partial charge in [-0.05, 0) is 50.1 Å². The number of nitrogens with one attached hydrogen (secondary N) is 2. The van der Waals surface area contributed by atoms with Crippen LogP contribution >= 0.6 is 0 Å².